The van der Waals surface area contributed by atoms with Crippen molar-refractivity contribution in [2.45, 2.75) is 26.2 Å². The minimum atomic E-state index is 0.130. The Morgan fingerprint density at radius 3 is 2.54 bits per heavy atom. The quantitative estimate of drug-likeness (QED) is 0.600. The van der Waals surface area contributed by atoms with Crippen molar-refractivity contribution in [3.63, 3.8) is 0 Å². The summed E-state index contributed by atoms with van der Waals surface area (Å²) in [6, 6.07) is 4.07. The first-order valence-corrected chi connectivity index (χ1v) is 4.52. The van der Waals surface area contributed by atoms with Crippen LogP contribution in [-0.4, -0.2) is 0 Å². The van der Waals surface area contributed by atoms with Crippen LogP contribution in [0.2, 0.25) is 0 Å². The Hall–Kier alpha value is -1.24. The normalized spacial score (nSPS) is 13.2. The zero-order valence-corrected chi connectivity index (χ0v) is 8.35. The molecule has 0 aliphatic carbocycles. The summed E-state index contributed by atoms with van der Waals surface area (Å²) >= 11 is 0. The van der Waals surface area contributed by atoms with Gasteiger partial charge in [-0.05, 0) is 17.0 Å². The molecule has 0 amide bonds. The molecule has 2 rings (SSSR count). The molecule has 1 aromatic carbocycles. The highest BCUT2D eigenvalue weighted by molar-refractivity contribution is 5.69. The van der Waals surface area contributed by atoms with Gasteiger partial charge in [-0.2, -0.15) is 0 Å². The maximum Gasteiger partial charge on any atom is 0.174 e. The van der Waals surface area contributed by atoms with Gasteiger partial charge in [-0.3, -0.25) is 0 Å². The molecule has 0 unspecified atom stereocenters. The predicted molar refractivity (Wildman–Crippen MR) is 55.3 cm³/mol. The topological polar surface area (TPSA) is 12.5 Å². The van der Waals surface area contributed by atoms with Crippen molar-refractivity contribution in [3.8, 4) is 11.5 Å². The van der Waals surface area contributed by atoms with Gasteiger partial charge < -0.3 is 4.74 Å². The van der Waals surface area contributed by atoms with Crippen molar-refractivity contribution in [3.05, 3.63) is 29.8 Å². The highest BCUT2D eigenvalue weighted by atomic mass is 16.6. The van der Waals surface area contributed by atoms with Crippen LogP contribution < -0.4 is 4.74 Å². The molecule has 13 heavy (non-hydrogen) atoms. The van der Waals surface area contributed by atoms with Crippen LogP contribution in [0.3, 0.4) is 0 Å². The van der Waals surface area contributed by atoms with Gasteiger partial charge in [0.2, 0.25) is 0 Å². The lowest BCUT2D eigenvalue weighted by Gasteiger charge is -2.19. The molecule has 0 fully saturated rings. The minimum Gasteiger partial charge on any atom is -0.449 e. The van der Waals surface area contributed by atoms with E-state index in [1.807, 2.05) is 12.1 Å². The van der Waals surface area contributed by atoms with E-state index >= 15 is 0 Å². The van der Waals surface area contributed by atoms with Crippen LogP contribution in [-0.2, 0) is 5.41 Å². The van der Waals surface area contributed by atoms with Crippen LogP contribution in [0, 0.1) is 0 Å². The standard InChI is InChI=1S/C12H14O/c1-5-8-6-7-9-11(13-9)10(8)12(2,3)4/h5-7H,1H2,2-4H3. The number of benzene rings is 1. The molecular formula is C12H14O. The van der Waals surface area contributed by atoms with Gasteiger partial charge in [-0.15, -0.1) is 0 Å². The monoisotopic (exact) mass is 174 g/mol. The molecule has 1 heteroatoms. The Morgan fingerprint density at radius 1 is 1.31 bits per heavy atom. The van der Waals surface area contributed by atoms with E-state index in [4.69, 9.17) is 4.74 Å². The molecule has 0 saturated heterocycles. The van der Waals surface area contributed by atoms with Crippen LogP contribution in [0.1, 0.15) is 31.9 Å². The first kappa shape index (κ1) is 8.36. The Kier molecular flexibility index (Phi) is 1.53. The maximum atomic E-state index is 5.39. The van der Waals surface area contributed by atoms with Crippen LogP contribution in [0.4, 0.5) is 0 Å². The van der Waals surface area contributed by atoms with Crippen LogP contribution >= 0.6 is 0 Å². The lowest BCUT2D eigenvalue weighted by Crippen LogP contribution is -2.11. The summed E-state index contributed by atoms with van der Waals surface area (Å²) in [4.78, 5) is 0. The second-order valence-electron chi connectivity index (χ2n) is 4.41. The fourth-order valence-electron chi connectivity index (χ4n) is 1.69. The van der Waals surface area contributed by atoms with Gasteiger partial charge in [0.25, 0.3) is 0 Å². The van der Waals surface area contributed by atoms with Crippen LogP contribution in [0.5, 0.6) is 11.5 Å². The Morgan fingerprint density at radius 2 is 2.00 bits per heavy atom. The summed E-state index contributed by atoms with van der Waals surface area (Å²) in [6.45, 7) is 10.4. The molecule has 1 aromatic rings. The molecule has 1 aliphatic rings. The average Bonchev–Trinajstić information content (AvgIpc) is 2.78. The van der Waals surface area contributed by atoms with Crippen molar-refractivity contribution < 1.29 is 4.74 Å². The van der Waals surface area contributed by atoms with Gasteiger partial charge in [0.15, 0.2) is 11.5 Å². The number of ether oxygens (including phenoxy) is 1. The Labute approximate surface area is 79.0 Å². The van der Waals surface area contributed by atoms with Crippen molar-refractivity contribution in [2.75, 3.05) is 0 Å². The van der Waals surface area contributed by atoms with E-state index in [9.17, 15) is 0 Å². The molecule has 0 atom stereocenters. The van der Waals surface area contributed by atoms with Crippen molar-refractivity contribution >= 4 is 6.08 Å². The fraction of sp³-hybridized carbons (Fsp3) is 0.333. The zero-order chi connectivity index (χ0) is 9.64. The van der Waals surface area contributed by atoms with Gasteiger partial charge >= 0.3 is 0 Å². The molecule has 0 spiro atoms. The third kappa shape index (κ3) is 1.24. The summed E-state index contributed by atoms with van der Waals surface area (Å²) in [5.74, 6) is 2.08. The van der Waals surface area contributed by atoms with Gasteiger partial charge in [0, 0.05) is 5.56 Å². The smallest absolute Gasteiger partial charge is 0.174 e. The van der Waals surface area contributed by atoms with Gasteiger partial charge in [0.1, 0.15) is 0 Å². The van der Waals surface area contributed by atoms with E-state index in [0.29, 0.717) is 0 Å². The highest BCUT2D eigenvalue weighted by Crippen LogP contribution is 2.53. The number of hydrogen-bond acceptors (Lipinski definition) is 1. The first-order chi connectivity index (χ1) is 6.04. The fourth-order valence-corrected chi connectivity index (χ4v) is 1.69. The largest absolute Gasteiger partial charge is 0.449 e. The first-order valence-electron chi connectivity index (χ1n) is 4.52. The molecule has 0 saturated carbocycles. The molecule has 1 aliphatic heterocycles. The zero-order valence-electron chi connectivity index (χ0n) is 8.35. The molecule has 1 nitrogen and oxygen atoms in total. The third-order valence-electron chi connectivity index (χ3n) is 2.29. The van der Waals surface area contributed by atoms with E-state index in [1.54, 1.807) is 0 Å². The van der Waals surface area contributed by atoms with Gasteiger partial charge in [-0.1, -0.05) is 39.5 Å². The van der Waals surface area contributed by atoms with E-state index in [1.165, 1.54) is 11.1 Å². The Bertz CT molecular complexity index is 369. The van der Waals surface area contributed by atoms with E-state index < -0.39 is 0 Å². The maximum absolute atomic E-state index is 5.39. The molecular weight excluding hydrogens is 160 g/mol. The molecule has 0 bridgehead atoms. The lowest BCUT2D eigenvalue weighted by molar-refractivity contribution is 0.564. The van der Waals surface area contributed by atoms with Gasteiger partial charge in [-0.25, -0.2) is 0 Å². The SMILES string of the molecule is C=Cc1ccc2c(c1C(C)(C)C)O2. The summed E-state index contributed by atoms with van der Waals surface area (Å²) in [5, 5.41) is 0. The molecule has 0 N–H and O–H groups in total. The number of hydrogen-bond donors (Lipinski definition) is 0. The van der Waals surface area contributed by atoms with E-state index in [-0.39, 0.29) is 5.41 Å². The van der Waals surface area contributed by atoms with Crippen LogP contribution in [0.15, 0.2) is 18.7 Å². The molecule has 1 heterocycles. The number of fused-ring (bicyclic) bond motifs is 1. The molecule has 68 valence electrons. The van der Waals surface area contributed by atoms with E-state index in [0.717, 1.165) is 11.5 Å². The van der Waals surface area contributed by atoms with Crippen molar-refractivity contribution in [2.24, 2.45) is 0 Å². The predicted octanol–water partition coefficient (Wildman–Crippen LogP) is 3.73. The Balaban J connectivity index is 2.63. The van der Waals surface area contributed by atoms with Gasteiger partial charge in [0.05, 0.1) is 0 Å². The summed E-state index contributed by atoms with van der Waals surface area (Å²) < 4.78 is 5.39. The highest BCUT2D eigenvalue weighted by Gasteiger charge is 2.32. The number of rotatable bonds is 1. The summed E-state index contributed by atoms with van der Waals surface area (Å²) in [7, 11) is 0. The second kappa shape index (κ2) is 2.38. The van der Waals surface area contributed by atoms with Crippen molar-refractivity contribution in [1.29, 1.82) is 0 Å². The van der Waals surface area contributed by atoms with Crippen LogP contribution in [0.25, 0.3) is 6.08 Å². The average molecular weight is 174 g/mol. The molecule has 0 radical (unpaired) electrons. The van der Waals surface area contributed by atoms with Crippen molar-refractivity contribution in [1.82, 2.24) is 0 Å². The second-order valence-corrected chi connectivity index (χ2v) is 4.41. The lowest BCUT2D eigenvalue weighted by atomic mass is 9.84. The third-order valence-corrected chi connectivity index (χ3v) is 2.29. The molecule has 0 aromatic heterocycles. The summed E-state index contributed by atoms with van der Waals surface area (Å²) in [5.41, 5.74) is 2.59. The summed E-state index contributed by atoms with van der Waals surface area (Å²) in [6.07, 6.45) is 1.89. The van der Waals surface area contributed by atoms with E-state index in [2.05, 4.69) is 33.4 Å². The minimum absolute atomic E-state index is 0.130.